The number of fused-ring (bicyclic) bond motifs is 5. The summed E-state index contributed by atoms with van der Waals surface area (Å²) in [7, 11) is 0. The second kappa shape index (κ2) is 3.42. The lowest BCUT2D eigenvalue weighted by molar-refractivity contribution is 0.889. The van der Waals surface area contributed by atoms with E-state index in [1.165, 1.54) is 33.3 Å². The van der Waals surface area contributed by atoms with Crippen LogP contribution in [0.15, 0.2) is 30.7 Å². The lowest BCUT2D eigenvalue weighted by Crippen LogP contribution is -2.05. The molecular weight excluding hydrogens is 222 g/mol. The van der Waals surface area contributed by atoms with Crippen molar-refractivity contribution >= 4 is 10.9 Å². The average Bonchev–Trinajstić information content (AvgIpc) is 2.79. The van der Waals surface area contributed by atoms with Gasteiger partial charge in [0.15, 0.2) is 0 Å². The number of benzene rings is 1. The van der Waals surface area contributed by atoms with E-state index in [4.69, 9.17) is 0 Å². The van der Waals surface area contributed by atoms with Crippen LogP contribution < -0.4 is 0 Å². The van der Waals surface area contributed by atoms with E-state index in [0.29, 0.717) is 0 Å². The van der Waals surface area contributed by atoms with Crippen molar-refractivity contribution < 1.29 is 0 Å². The van der Waals surface area contributed by atoms with Gasteiger partial charge in [0.1, 0.15) is 6.33 Å². The zero-order chi connectivity index (χ0) is 12.1. The first-order valence-electron chi connectivity index (χ1n) is 6.24. The van der Waals surface area contributed by atoms with Gasteiger partial charge in [0, 0.05) is 28.4 Å². The number of H-pyrrole nitrogens is 1. The molecule has 0 aliphatic heterocycles. The average molecular weight is 235 g/mol. The van der Waals surface area contributed by atoms with Crippen LogP contribution in [-0.2, 0) is 12.8 Å². The summed E-state index contributed by atoms with van der Waals surface area (Å²) in [5.74, 6) is 0. The highest BCUT2D eigenvalue weighted by Gasteiger charge is 2.22. The third-order valence-corrected chi connectivity index (χ3v) is 3.79. The molecule has 2 aromatic heterocycles. The van der Waals surface area contributed by atoms with E-state index in [2.05, 4.69) is 40.1 Å². The summed E-state index contributed by atoms with van der Waals surface area (Å²) in [5, 5.41) is 1.28. The van der Waals surface area contributed by atoms with Crippen LogP contribution in [0.5, 0.6) is 0 Å². The standard InChI is InChI=1S/C15H13N3/c1-9-3-2-4-11-13-12(18-14(9)11)6-5-10-7-16-8-17-15(10)13/h2-4,7-8,18H,5-6H2,1H3. The van der Waals surface area contributed by atoms with Crippen LogP contribution in [0.2, 0.25) is 0 Å². The molecular formula is C15H13N3. The van der Waals surface area contributed by atoms with Gasteiger partial charge in [-0.1, -0.05) is 18.2 Å². The molecule has 1 aliphatic carbocycles. The zero-order valence-corrected chi connectivity index (χ0v) is 10.2. The Bertz CT molecular complexity index is 756. The van der Waals surface area contributed by atoms with Crippen molar-refractivity contribution in [3.63, 3.8) is 0 Å². The van der Waals surface area contributed by atoms with Crippen LogP contribution in [0.4, 0.5) is 0 Å². The van der Waals surface area contributed by atoms with Gasteiger partial charge in [0.25, 0.3) is 0 Å². The maximum Gasteiger partial charge on any atom is 0.116 e. The third-order valence-electron chi connectivity index (χ3n) is 3.79. The molecule has 0 radical (unpaired) electrons. The second-order valence-corrected chi connectivity index (χ2v) is 4.87. The topological polar surface area (TPSA) is 41.6 Å². The molecule has 1 aromatic carbocycles. The first-order chi connectivity index (χ1) is 8.84. The van der Waals surface area contributed by atoms with E-state index in [-0.39, 0.29) is 0 Å². The van der Waals surface area contributed by atoms with Crippen molar-refractivity contribution in [2.45, 2.75) is 19.8 Å². The van der Waals surface area contributed by atoms with Crippen molar-refractivity contribution in [2.75, 3.05) is 0 Å². The molecule has 0 fully saturated rings. The maximum absolute atomic E-state index is 4.48. The van der Waals surface area contributed by atoms with Gasteiger partial charge < -0.3 is 4.98 Å². The largest absolute Gasteiger partial charge is 0.358 e. The van der Waals surface area contributed by atoms with Crippen LogP contribution in [-0.4, -0.2) is 15.0 Å². The van der Waals surface area contributed by atoms with E-state index in [9.17, 15) is 0 Å². The molecule has 0 amide bonds. The fourth-order valence-corrected chi connectivity index (χ4v) is 2.90. The number of nitrogens with zero attached hydrogens (tertiary/aromatic N) is 2. The van der Waals surface area contributed by atoms with Gasteiger partial charge in [-0.15, -0.1) is 0 Å². The van der Waals surface area contributed by atoms with Gasteiger partial charge in [-0.05, 0) is 30.9 Å². The van der Waals surface area contributed by atoms with E-state index in [0.717, 1.165) is 18.5 Å². The molecule has 4 rings (SSSR count). The maximum atomic E-state index is 4.48. The molecule has 3 nitrogen and oxygen atoms in total. The van der Waals surface area contributed by atoms with Gasteiger partial charge in [-0.25, -0.2) is 9.97 Å². The number of aromatic amines is 1. The Kier molecular flexibility index (Phi) is 1.87. The van der Waals surface area contributed by atoms with Crippen LogP contribution in [0.25, 0.3) is 22.2 Å². The van der Waals surface area contributed by atoms with Crippen molar-refractivity contribution in [2.24, 2.45) is 0 Å². The molecule has 0 saturated carbocycles. The minimum absolute atomic E-state index is 1.02. The summed E-state index contributed by atoms with van der Waals surface area (Å²) < 4.78 is 0. The summed E-state index contributed by atoms with van der Waals surface area (Å²) >= 11 is 0. The smallest absolute Gasteiger partial charge is 0.116 e. The highest BCUT2D eigenvalue weighted by atomic mass is 14.8. The molecule has 0 spiro atoms. The fourth-order valence-electron chi connectivity index (χ4n) is 2.90. The van der Waals surface area contributed by atoms with Crippen molar-refractivity contribution in [1.82, 2.24) is 15.0 Å². The molecule has 0 atom stereocenters. The summed E-state index contributed by atoms with van der Waals surface area (Å²) in [6.07, 6.45) is 5.65. The summed E-state index contributed by atoms with van der Waals surface area (Å²) in [6, 6.07) is 6.43. The highest BCUT2D eigenvalue weighted by Crippen LogP contribution is 2.37. The predicted octanol–water partition coefficient (Wildman–Crippen LogP) is 3.03. The number of hydrogen-bond donors (Lipinski definition) is 1. The molecule has 0 unspecified atom stereocenters. The van der Waals surface area contributed by atoms with Crippen molar-refractivity contribution in [3.05, 3.63) is 47.5 Å². The molecule has 1 N–H and O–H groups in total. The van der Waals surface area contributed by atoms with E-state index in [1.54, 1.807) is 6.33 Å². The van der Waals surface area contributed by atoms with E-state index < -0.39 is 0 Å². The van der Waals surface area contributed by atoms with Crippen LogP contribution in [0.3, 0.4) is 0 Å². The molecule has 3 heteroatoms. The Morgan fingerprint density at radius 1 is 1.22 bits per heavy atom. The minimum atomic E-state index is 1.02. The molecule has 18 heavy (non-hydrogen) atoms. The number of rotatable bonds is 0. The normalized spacial score (nSPS) is 13.4. The first kappa shape index (κ1) is 9.83. The summed E-state index contributed by atoms with van der Waals surface area (Å²) in [5.41, 5.74) is 7.48. The number of aromatic nitrogens is 3. The Morgan fingerprint density at radius 3 is 3.11 bits per heavy atom. The van der Waals surface area contributed by atoms with Gasteiger partial charge >= 0.3 is 0 Å². The second-order valence-electron chi connectivity index (χ2n) is 4.87. The lowest BCUT2D eigenvalue weighted by Gasteiger charge is -2.14. The highest BCUT2D eigenvalue weighted by molar-refractivity contribution is 5.99. The fraction of sp³-hybridized carbons (Fsp3) is 0.200. The Labute approximate surface area is 105 Å². The number of para-hydroxylation sites is 1. The molecule has 0 saturated heterocycles. The van der Waals surface area contributed by atoms with Crippen molar-refractivity contribution in [1.29, 1.82) is 0 Å². The minimum Gasteiger partial charge on any atom is -0.358 e. The summed E-state index contributed by atoms with van der Waals surface area (Å²) in [4.78, 5) is 12.2. The Morgan fingerprint density at radius 2 is 2.17 bits per heavy atom. The van der Waals surface area contributed by atoms with Gasteiger partial charge in [0.05, 0.1) is 5.69 Å². The van der Waals surface area contributed by atoms with Crippen LogP contribution >= 0.6 is 0 Å². The van der Waals surface area contributed by atoms with Crippen molar-refractivity contribution in [3.8, 4) is 11.3 Å². The molecule has 3 aromatic rings. The van der Waals surface area contributed by atoms with Gasteiger partial charge in [0.2, 0.25) is 0 Å². The molecule has 88 valence electrons. The quantitative estimate of drug-likeness (QED) is 0.650. The van der Waals surface area contributed by atoms with Crippen LogP contribution in [0.1, 0.15) is 16.8 Å². The lowest BCUT2D eigenvalue weighted by atomic mass is 9.93. The molecule has 2 heterocycles. The predicted molar refractivity (Wildman–Crippen MR) is 71.5 cm³/mol. The van der Waals surface area contributed by atoms with E-state index >= 15 is 0 Å². The number of nitrogens with one attached hydrogen (secondary N) is 1. The van der Waals surface area contributed by atoms with E-state index in [1.807, 2.05) is 6.20 Å². The van der Waals surface area contributed by atoms with Crippen LogP contribution in [0, 0.1) is 6.92 Å². The molecule has 0 bridgehead atoms. The third kappa shape index (κ3) is 1.19. The first-order valence-corrected chi connectivity index (χ1v) is 6.24. The Balaban J connectivity index is 2.14. The number of aryl methyl sites for hydroxylation is 3. The Hall–Kier alpha value is -2.16. The SMILES string of the molecule is Cc1cccc2c3c([nH]c12)CCc1cncnc1-3. The zero-order valence-electron chi connectivity index (χ0n) is 10.2. The van der Waals surface area contributed by atoms with Gasteiger partial charge in [-0.2, -0.15) is 0 Å². The number of hydrogen-bond acceptors (Lipinski definition) is 2. The molecule has 1 aliphatic rings. The van der Waals surface area contributed by atoms with Gasteiger partial charge in [-0.3, -0.25) is 0 Å². The monoisotopic (exact) mass is 235 g/mol. The summed E-state index contributed by atoms with van der Waals surface area (Å²) in [6.45, 7) is 2.14.